The normalized spacial score (nSPS) is 25.0. The first-order valence-corrected chi connectivity index (χ1v) is 14.3. The molecule has 0 aliphatic heterocycles. The number of ether oxygens (including phenoxy) is 1. The Bertz CT molecular complexity index is 1370. The molecule has 2 aliphatic carbocycles. The molecule has 1 saturated carbocycles. The highest BCUT2D eigenvalue weighted by atomic mass is 16.6. The first kappa shape index (κ1) is 32.5. The molecule has 1 fully saturated rings. The number of allylic oxidation sites excluding steroid dienone is 1. The summed E-state index contributed by atoms with van der Waals surface area (Å²) in [6.07, 6.45) is 5.78. The average molecular weight is 582 g/mol. The first-order valence-electron chi connectivity index (χ1n) is 14.3. The van der Waals surface area contributed by atoms with Crippen LogP contribution in [0.15, 0.2) is 21.4 Å². The summed E-state index contributed by atoms with van der Waals surface area (Å²) < 4.78 is 5.50. The van der Waals surface area contributed by atoms with Crippen molar-refractivity contribution in [1.29, 1.82) is 5.26 Å². The number of H-pyrrole nitrogens is 1. The fourth-order valence-corrected chi connectivity index (χ4v) is 6.79. The van der Waals surface area contributed by atoms with Crippen LogP contribution < -0.4 is 21.5 Å². The van der Waals surface area contributed by atoms with Gasteiger partial charge in [-0.2, -0.15) is 10.2 Å². The molecule has 42 heavy (non-hydrogen) atoms. The molecule has 3 amide bonds. The van der Waals surface area contributed by atoms with Crippen LogP contribution in [-0.4, -0.2) is 47.3 Å². The van der Waals surface area contributed by atoms with Gasteiger partial charge in [0.15, 0.2) is 0 Å². The zero-order chi connectivity index (χ0) is 31.3. The Morgan fingerprint density at radius 1 is 1.19 bits per heavy atom. The maximum Gasteiger partial charge on any atom is 0.407 e. The van der Waals surface area contributed by atoms with E-state index in [1.807, 2.05) is 13.0 Å². The van der Waals surface area contributed by atoms with E-state index in [1.165, 1.54) is 0 Å². The third-order valence-electron chi connectivity index (χ3n) is 7.95. The monoisotopic (exact) mass is 581 g/mol. The minimum Gasteiger partial charge on any atom is -0.441 e. The van der Waals surface area contributed by atoms with Crippen molar-refractivity contribution >= 4 is 24.2 Å². The van der Waals surface area contributed by atoms with E-state index in [0.717, 1.165) is 31.3 Å². The van der Waals surface area contributed by atoms with E-state index in [9.17, 15) is 24.4 Å². The second-order valence-corrected chi connectivity index (χ2v) is 13.7. The van der Waals surface area contributed by atoms with Crippen molar-refractivity contribution in [1.82, 2.24) is 20.6 Å². The van der Waals surface area contributed by atoms with E-state index in [-0.39, 0.29) is 46.3 Å². The van der Waals surface area contributed by atoms with E-state index in [4.69, 9.17) is 4.74 Å². The van der Waals surface area contributed by atoms with Gasteiger partial charge in [0.05, 0.1) is 23.6 Å². The maximum absolute atomic E-state index is 12.8. The molecule has 4 unspecified atom stereocenters. The van der Waals surface area contributed by atoms with Crippen molar-refractivity contribution < 1.29 is 19.1 Å². The second kappa shape index (κ2) is 12.9. The van der Waals surface area contributed by atoms with Crippen molar-refractivity contribution in [3.63, 3.8) is 0 Å². The van der Waals surface area contributed by atoms with E-state index in [2.05, 4.69) is 64.7 Å². The van der Waals surface area contributed by atoms with Gasteiger partial charge >= 0.3 is 12.1 Å². The lowest BCUT2D eigenvalue weighted by Crippen LogP contribution is -2.45. The number of aryl methyl sites for hydroxylation is 1. The zero-order valence-electron chi connectivity index (χ0n) is 25.6. The van der Waals surface area contributed by atoms with Crippen LogP contribution in [0.5, 0.6) is 0 Å². The number of urea groups is 1. The van der Waals surface area contributed by atoms with Crippen molar-refractivity contribution in [2.24, 2.45) is 27.2 Å². The molecular weight excluding hydrogens is 538 g/mol. The number of alkyl carbamates (subject to hydrolysis) is 1. The number of nitrogens with one attached hydrogen (secondary N) is 4. The van der Waals surface area contributed by atoms with Gasteiger partial charge < -0.3 is 20.4 Å². The molecule has 12 nitrogen and oxygen atoms in total. The number of hydrogen-bond acceptors (Lipinski definition) is 8. The number of aromatic nitrogens is 2. The van der Waals surface area contributed by atoms with Gasteiger partial charge in [0.2, 0.25) is 12.0 Å². The van der Waals surface area contributed by atoms with Gasteiger partial charge in [-0.3, -0.25) is 10.1 Å². The molecular formula is C30H43N7O5. The lowest BCUT2D eigenvalue weighted by atomic mass is 9.63. The summed E-state index contributed by atoms with van der Waals surface area (Å²) >= 11 is 0. The summed E-state index contributed by atoms with van der Waals surface area (Å²) in [6, 6.07) is 1.58. The Labute approximate surface area is 246 Å². The molecule has 4 atom stereocenters. The number of carbonyl (C=O) groups excluding carboxylic acids is 3. The fourth-order valence-electron chi connectivity index (χ4n) is 6.79. The number of nitriles is 1. The van der Waals surface area contributed by atoms with Gasteiger partial charge in [-0.1, -0.05) is 46.3 Å². The molecule has 1 aromatic rings. The molecule has 0 aromatic carbocycles. The van der Waals surface area contributed by atoms with Gasteiger partial charge in [0.25, 0.3) is 5.56 Å². The van der Waals surface area contributed by atoms with Crippen LogP contribution in [0.1, 0.15) is 91.0 Å². The number of rotatable bonds is 8. The largest absolute Gasteiger partial charge is 0.441 e. The maximum atomic E-state index is 12.8. The van der Waals surface area contributed by atoms with Crippen molar-refractivity contribution in [3.8, 4) is 6.07 Å². The zero-order valence-corrected chi connectivity index (χ0v) is 25.6. The lowest BCUT2D eigenvalue weighted by molar-refractivity contribution is 0.0707. The number of hydrogen-bond donors (Lipinski definition) is 4. The van der Waals surface area contributed by atoms with Crippen LogP contribution in [0.25, 0.3) is 0 Å². The van der Waals surface area contributed by atoms with Crippen LogP contribution in [0, 0.1) is 40.4 Å². The predicted molar refractivity (Wildman–Crippen MR) is 157 cm³/mol. The Hall–Kier alpha value is -3.97. The molecule has 228 valence electrons. The first-order chi connectivity index (χ1) is 19.5. The standard InChI is InChI=1S/C30H43N7O5/c1-18-23(19(2)42-27(41)33-16-30(7)12-22(34-17-38)11-29(5,6)15-30)24(39)36-25(35-18)37-26(40)32-14-21-8-20(13-31)9-28(3,4)10-21/h8,19-20,22H,9-12,14-16H2,1-7H3,(H,33,41)(H3,32,35,36,37,39,40). The molecule has 3 rings (SSSR count). The van der Waals surface area contributed by atoms with E-state index in [1.54, 1.807) is 19.9 Å². The van der Waals surface area contributed by atoms with Crippen LogP contribution in [0.3, 0.4) is 0 Å². The van der Waals surface area contributed by atoms with Crippen LogP contribution in [-0.2, 0) is 9.53 Å². The van der Waals surface area contributed by atoms with Crippen molar-refractivity contribution in [3.05, 3.63) is 33.3 Å². The Morgan fingerprint density at radius 2 is 1.90 bits per heavy atom. The third kappa shape index (κ3) is 9.02. The van der Waals surface area contributed by atoms with Crippen molar-refractivity contribution in [2.75, 3.05) is 18.4 Å². The summed E-state index contributed by atoms with van der Waals surface area (Å²) in [5.74, 6) is -0.227. The van der Waals surface area contributed by atoms with Gasteiger partial charge in [-0.05, 0) is 62.2 Å². The van der Waals surface area contributed by atoms with Crippen LogP contribution >= 0.6 is 0 Å². The van der Waals surface area contributed by atoms with E-state index >= 15 is 0 Å². The third-order valence-corrected chi connectivity index (χ3v) is 7.95. The topological polar surface area (TPSA) is 178 Å². The highest BCUT2D eigenvalue weighted by molar-refractivity contribution is 5.87. The highest BCUT2D eigenvalue weighted by Gasteiger charge is 2.41. The summed E-state index contributed by atoms with van der Waals surface area (Å²) in [5.41, 5.74) is 0.529. The van der Waals surface area contributed by atoms with Crippen molar-refractivity contribution in [2.45, 2.75) is 92.7 Å². The summed E-state index contributed by atoms with van der Waals surface area (Å²) in [7, 11) is 0. The van der Waals surface area contributed by atoms with E-state index < -0.39 is 23.8 Å². The van der Waals surface area contributed by atoms with Crippen LogP contribution in [0.4, 0.5) is 15.5 Å². The molecule has 0 bridgehead atoms. The Balaban J connectivity index is 1.56. The Kier molecular flexibility index (Phi) is 10.0. The molecule has 1 heterocycles. The number of isocyanates is 1. The molecule has 4 N–H and O–H groups in total. The minimum absolute atomic E-state index is 0.0298. The number of carbonyl (C=O) groups is 2. The molecule has 0 radical (unpaired) electrons. The summed E-state index contributed by atoms with van der Waals surface area (Å²) in [5, 5.41) is 17.4. The number of aromatic amines is 1. The Morgan fingerprint density at radius 3 is 2.55 bits per heavy atom. The number of nitrogens with zero attached hydrogens (tertiary/aromatic N) is 3. The predicted octanol–water partition coefficient (Wildman–Crippen LogP) is 4.79. The molecule has 0 spiro atoms. The van der Waals surface area contributed by atoms with Crippen LogP contribution in [0.2, 0.25) is 0 Å². The summed E-state index contributed by atoms with van der Waals surface area (Å²) in [6.45, 7) is 14.3. The fraction of sp³-hybridized carbons (Fsp3) is 0.667. The van der Waals surface area contributed by atoms with Gasteiger partial charge in [-0.15, -0.1) is 0 Å². The smallest absolute Gasteiger partial charge is 0.407 e. The average Bonchev–Trinajstić information content (AvgIpc) is 2.84. The molecule has 2 aliphatic rings. The summed E-state index contributed by atoms with van der Waals surface area (Å²) in [4.78, 5) is 59.6. The van der Waals surface area contributed by atoms with Gasteiger partial charge in [-0.25, -0.2) is 19.4 Å². The van der Waals surface area contributed by atoms with Gasteiger partial charge in [0, 0.05) is 18.8 Å². The molecule has 1 aromatic heterocycles. The quantitative estimate of drug-likeness (QED) is 0.193. The number of anilines is 1. The number of aliphatic imine (C=N–C) groups is 1. The second-order valence-electron chi connectivity index (χ2n) is 13.7. The molecule has 0 saturated heterocycles. The molecule has 12 heteroatoms. The lowest BCUT2D eigenvalue weighted by Gasteiger charge is -2.45. The highest BCUT2D eigenvalue weighted by Crippen LogP contribution is 2.46. The minimum atomic E-state index is -0.901. The van der Waals surface area contributed by atoms with E-state index in [0.29, 0.717) is 18.7 Å². The number of amides is 3. The SMILES string of the molecule is Cc1[nH]c(NC(=O)NCC2=CC(C#N)CC(C)(C)C2)nc(=O)c1C(C)OC(=O)NCC1(C)CC(N=C=O)CC(C)(C)C1. The van der Waals surface area contributed by atoms with Gasteiger partial charge in [0.1, 0.15) is 6.10 Å².